The smallest absolute Gasteiger partial charge is 0.252 e. The van der Waals surface area contributed by atoms with Crippen molar-refractivity contribution in [3.8, 4) is 0 Å². The van der Waals surface area contributed by atoms with Gasteiger partial charge in [0.05, 0.1) is 17.2 Å². The first-order valence-corrected chi connectivity index (χ1v) is 10.4. The van der Waals surface area contributed by atoms with Crippen LogP contribution in [0.2, 0.25) is 0 Å². The summed E-state index contributed by atoms with van der Waals surface area (Å²) in [6, 6.07) is 17.0. The first-order valence-electron chi connectivity index (χ1n) is 10.4. The third-order valence-electron chi connectivity index (χ3n) is 5.84. The second-order valence-corrected chi connectivity index (χ2v) is 7.98. The Balaban J connectivity index is 1.40. The van der Waals surface area contributed by atoms with Gasteiger partial charge >= 0.3 is 0 Å². The highest BCUT2D eigenvalue weighted by molar-refractivity contribution is 6.06. The van der Waals surface area contributed by atoms with E-state index in [1.54, 1.807) is 11.6 Å². The molecule has 0 saturated carbocycles. The summed E-state index contributed by atoms with van der Waals surface area (Å²) in [5, 5.41) is 13.3. The van der Waals surface area contributed by atoms with E-state index in [1.807, 2.05) is 36.4 Å². The Morgan fingerprint density at radius 3 is 2.47 bits per heavy atom. The van der Waals surface area contributed by atoms with Crippen LogP contribution in [0.1, 0.15) is 34.3 Å². The van der Waals surface area contributed by atoms with Crippen LogP contribution in [-0.2, 0) is 20.1 Å². The van der Waals surface area contributed by atoms with Crippen LogP contribution in [-0.4, -0.2) is 39.7 Å². The van der Waals surface area contributed by atoms with Gasteiger partial charge in [-0.05, 0) is 30.0 Å². The first-order chi connectivity index (χ1) is 14.5. The van der Waals surface area contributed by atoms with Crippen molar-refractivity contribution < 1.29 is 9.90 Å². The molecule has 2 heterocycles. The Morgan fingerprint density at radius 2 is 1.73 bits per heavy atom. The van der Waals surface area contributed by atoms with Crippen molar-refractivity contribution in [2.75, 3.05) is 13.1 Å². The standard InChI is InChI=1S/C24H27N3O3/c1-26-22-5-3-2-4-20(22)21(14-23(26)29)24(30)25-15-17-6-8-18(9-7-17)16-27-12-10-19(28)11-13-27/h2-9,14,19,28H,10-13,15-16H2,1H3,(H,25,30). The van der Waals surface area contributed by atoms with Gasteiger partial charge in [-0.15, -0.1) is 0 Å². The number of hydrogen-bond donors (Lipinski definition) is 2. The highest BCUT2D eigenvalue weighted by atomic mass is 16.3. The maximum Gasteiger partial charge on any atom is 0.252 e. The Labute approximate surface area is 175 Å². The minimum atomic E-state index is -0.250. The summed E-state index contributed by atoms with van der Waals surface area (Å²) in [6.45, 7) is 3.12. The maximum atomic E-state index is 12.8. The number of carbonyl (C=O) groups is 1. The number of aliphatic hydroxyl groups excluding tert-OH is 1. The van der Waals surface area contributed by atoms with Crippen molar-refractivity contribution in [3.63, 3.8) is 0 Å². The van der Waals surface area contributed by atoms with Gasteiger partial charge in [0.15, 0.2) is 0 Å². The molecular formula is C24H27N3O3. The average Bonchev–Trinajstić information content (AvgIpc) is 2.77. The molecule has 0 bridgehead atoms. The number of hydrogen-bond acceptors (Lipinski definition) is 4. The number of likely N-dealkylation sites (tertiary alicyclic amines) is 1. The molecule has 2 aromatic carbocycles. The van der Waals surface area contributed by atoms with Crippen molar-refractivity contribution in [2.24, 2.45) is 7.05 Å². The van der Waals surface area contributed by atoms with E-state index in [0.29, 0.717) is 12.1 Å². The number of piperidine rings is 1. The molecular weight excluding hydrogens is 378 g/mol. The molecule has 2 N–H and O–H groups in total. The number of pyridine rings is 1. The van der Waals surface area contributed by atoms with Crippen molar-refractivity contribution in [3.05, 3.63) is 81.6 Å². The van der Waals surface area contributed by atoms with Crippen LogP contribution >= 0.6 is 0 Å². The number of benzene rings is 2. The zero-order valence-electron chi connectivity index (χ0n) is 17.2. The van der Waals surface area contributed by atoms with Crippen molar-refractivity contribution >= 4 is 16.8 Å². The monoisotopic (exact) mass is 405 g/mol. The fourth-order valence-corrected chi connectivity index (χ4v) is 3.97. The van der Waals surface area contributed by atoms with Crippen LogP contribution in [0.5, 0.6) is 0 Å². The van der Waals surface area contributed by atoms with E-state index in [1.165, 1.54) is 11.6 Å². The molecule has 0 atom stereocenters. The number of rotatable bonds is 5. The SMILES string of the molecule is Cn1c(=O)cc(C(=O)NCc2ccc(CN3CCC(O)CC3)cc2)c2ccccc21. The molecule has 30 heavy (non-hydrogen) atoms. The predicted octanol–water partition coefficient (Wildman–Crippen LogP) is 2.43. The number of nitrogens with zero attached hydrogens (tertiary/aromatic N) is 2. The van der Waals surface area contributed by atoms with Gasteiger partial charge in [-0.3, -0.25) is 14.5 Å². The zero-order valence-corrected chi connectivity index (χ0v) is 17.2. The fourth-order valence-electron chi connectivity index (χ4n) is 3.97. The Bertz CT molecular complexity index is 1100. The molecule has 1 fully saturated rings. The van der Waals surface area contributed by atoms with Gasteiger partial charge in [0, 0.05) is 44.7 Å². The molecule has 1 aliphatic rings. The maximum absolute atomic E-state index is 12.8. The molecule has 1 aliphatic heterocycles. The number of amides is 1. The topological polar surface area (TPSA) is 74.6 Å². The van der Waals surface area contributed by atoms with E-state index in [0.717, 1.165) is 48.9 Å². The number of carbonyl (C=O) groups excluding carboxylic acids is 1. The third kappa shape index (κ3) is 4.45. The molecule has 1 aromatic heterocycles. The molecule has 156 valence electrons. The minimum absolute atomic E-state index is 0.158. The average molecular weight is 405 g/mol. The van der Waals surface area contributed by atoms with Gasteiger partial charge in [-0.2, -0.15) is 0 Å². The van der Waals surface area contributed by atoms with Crippen LogP contribution in [0.15, 0.2) is 59.4 Å². The van der Waals surface area contributed by atoms with Crippen LogP contribution in [0.3, 0.4) is 0 Å². The number of para-hydroxylation sites is 1. The normalized spacial score (nSPS) is 15.4. The third-order valence-corrected chi connectivity index (χ3v) is 5.84. The number of aromatic nitrogens is 1. The molecule has 0 spiro atoms. The number of aryl methyl sites for hydroxylation is 1. The molecule has 4 rings (SSSR count). The predicted molar refractivity (Wildman–Crippen MR) is 117 cm³/mol. The van der Waals surface area contributed by atoms with E-state index in [4.69, 9.17) is 0 Å². The van der Waals surface area contributed by atoms with E-state index < -0.39 is 0 Å². The van der Waals surface area contributed by atoms with Crippen molar-refractivity contribution in [2.45, 2.75) is 32.0 Å². The summed E-state index contributed by atoms with van der Waals surface area (Å²) in [4.78, 5) is 27.3. The minimum Gasteiger partial charge on any atom is -0.393 e. The summed E-state index contributed by atoms with van der Waals surface area (Å²) in [5.41, 5.74) is 3.17. The highest BCUT2D eigenvalue weighted by Gasteiger charge is 2.17. The van der Waals surface area contributed by atoms with E-state index in [-0.39, 0.29) is 17.6 Å². The zero-order chi connectivity index (χ0) is 21.1. The number of aliphatic hydroxyl groups is 1. The van der Waals surface area contributed by atoms with Gasteiger partial charge in [0.25, 0.3) is 11.5 Å². The summed E-state index contributed by atoms with van der Waals surface area (Å²) in [6.07, 6.45) is 1.51. The van der Waals surface area contributed by atoms with Crippen LogP contribution in [0.4, 0.5) is 0 Å². The van der Waals surface area contributed by atoms with Gasteiger partial charge in [-0.1, -0.05) is 42.5 Å². The van der Waals surface area contributed by atoms with E-state index in [9.17, 15) is 14.7 Å². The van der Waals surface area contributed by atoms with Gasteiger partial charge in [0.2, 0.25) is 0 Å². The van der Waals surface area contributed by atoms with Gasteiger partial charge in [-0.25, -0.2) is 0 Å². The highest BCUT2D eigenvalue weighted by Crippen LogP contribution is 2.17. The van der Waals surface area contributed by atoms with Crippen LogP contribution in [0, 0.1) is 0 Å². The lowest BCUT2D eigenvalue weighted by Gasteiger charge is -2.29. The molecule has 1 amide bonds. The quantitative estimate of drug-likeness (QED) is 0.684. The van der Waals surface area contributed by atoms with Crippen molar-refractivity contribution in [1.29, 1.82) is 0 Å². The Hall–Kier alpha value is -2.96. The molecule has 6 nitrogen and oxygen atoms in total. The summed E-state index contributed by atoms with van der Waals surface area (Å²) >= 11 is 0. The first kappa shape index (κ1) is 20.3. The second-order valence-electron chi connectivity index (χ2n) is 7.98. The summed E-state index contributed by atoms with van der Waals surface area (Å²) in [5.74, 6) is -0.250. The van der Waals surface area contributed by atoms with Crippen molar-refractivity contribution in [1.82, 2.24) is 14.8 Å². The lowest BCUT2D eigenvalue weighted by atomic mass is 10.1. The molecule has 0 radical (unpaired) electrons. The molecule has 0 unspecified atom stereocenters. The second kappa shape index (κ2) is 8.81. The van der Waals surface area contributed by atoms with Crippen LogP contribution < -0.4 is 10.9 Å². The number of fused-ring (bicyclic) bond motifs is 1. The van der Waals surface area contributed by atoms with Crippen LogP contribution in [0.25, 0.3) is 10.9 Å². The largest absolute Gasteiger partial charge is 0.393 e. The van der Waals surface area contributed by atoms with Gasteiger partial charge in [0.1, 0.15) is 0 Å². The van der Waals surface area contributed by atoms with E-state index in [2.05, 4.69) is 22.3 Å². The lowest BCUT2D eigenvalue weighted by molar-refractivity contribution is 0.0792. The fraction of sp³-hybridized carbons (Fsp3) is 0.333. The summed E-state index contributed by atoms with van der Waals surface area (Å²) < 4.78 is 1.55. The molecule has 3 aromatic rings. The molecule has 0 aliphatic carbocycles. The Kier molecular flexibility index (Phi) is 5.97. The number of nitrogens with one attached hydrogen (secondary N) is 1. The van der Waals surface area contributed by atoms with Gasteiger partial charge < -0.3 is 15.0 Å². The molecule has 1 saturated heterocycles. The van der Waals surface area contributed by atoms with E-state index >= 15 is 0 Å². The lowest BCUT2D eigenvalue weighted by Crippen LogP contribution is -2.35. The summed E-state index contributed by atoms with van der Waals surface area (Å²) in [7, 11) is 1.71. The Morgan fingerprint density at radius 1 is 1.07 bits per heavy atom. The molecule has 6 heteroatoms.